The number of fused-ring (bicyclic) bond motifs is 1. The van der Waals surface area contributed by atoms with Crippen molar-refractivity contribution in [2.45, 2.75) is 18.7 Å². The fraction of sp³-hybridized carbons (Fsp3) is 0.167. The summed E-state index contributed by atoms with van der Waals surface area (Å²) >= 11 is 1.24. The number of hydrogen-bond donors (Lipinski definition) is 1. The van der Waals surface area contributed by atoms with Gasteiger partial charge in [-0.3, -0.25) is 4.72 Å². The molecule has 0 saturated heterocycles. The Balaban J connectivity index is 1.99. The molecule has 6 nitrogen and oxygen atoms in total. The van der Waals surface area contributed by atoms with Gasteiger partial charge in [-0.15, -0.1) is 11.3 Å². The molecule has 0 fully saturated rings. The molecule has 3 aromatic rings. The number of nitrogens with one attached hydrogen (secondary N) is 1. The molecule has 0 aliphatic heterocycles. The summed E-state index contributed by atoms with van der Waals surface area (Å²) in [4.78, 5) is 8.34. The van der Waals surface area contributed by atoms with E-state index in [1.165, 1.54) is 23.5 Å². The average molecular weight is 309 g/mol. The van der Waals surface area contributed by atoms with E-state index in [0.29, 0.717) is 22.1 Å². The highest BCUT2D eigenvalue weighted by Crippen LogP contribution is 2.23. The van der Waals surface area contributed by atoms with Gasteiger partial charge in [-0.05, 0) is 25.1 Å². The van der Waals surface area contributed by atoms with Gasteiger partial charge >= 0.3 is 0 Å². The largest absolute Gasteiger partial charge is 0.441 e. The van der Waals surface area contributed by atoms with Crippen LogP contribution < -0.4 is 4.72 Å². The van der Waals surface area contributed by atoms with Crippen LogP contribution >= 0.6 is 11.3 Å². The molecule has 2 heterocycles. The fourth-order valence-corrected chi connectivity index (χ4v) is 3.72. The van der Waals surface area contributed by atoms with Crippen LogP contribution in [0.3, 0.4) is 0 Å². The molecule has 0 saturated carbocycles. The molecule has 0 unspecified atom stereocenters. The highest BCUT2D eigenvalue weighted by Gasteiger charge is 2.17. The minimum atomic E-state index is -3.67. The maximum absolute atomic E-state index is 12.3. The lowest BCUT2D eigenvalue weighted by molar-refractivity contribution is 0.561. The lowest BCUT2D eigenvalue weighted by Crippen LogP contribution is -2.12. The number of rotatable bonds is 3. The van der Waals surface area contributed by atoms with E-state index in [1.54, 1.807) is 25.3 Å². The zero-order valence-corrected chi connectivity index (χ0v) is 12.4. The average Bonchev–Trinajstić information content (AvgIpc) is 2.92. The first kappa shape index (κ1) is 13.1. The number of thiazole rings is 1. The van der Waals surface area contributed by atoms with Gasteiger partial charge in [0, 0.05) is 12.3 Å². The smallest absolute Gasteiger partial charge is 0.263 e. The second-order valence-electron chi connectivity index (χ2n) is 4.26. The quantitative estimate of drug-likeness (QED) is 0.804. The lowest BCUT2D eigenvalue weighted by atomic mass is 10.3. The summed E-state index contributed by atoms with van der Waals surface area (Å²) in [6.07, 6.45) is 0. The minimum absolute atomic E-state index is 0.131. The highest BCUT2D eigenvalue weighted by atomic mass is 32.2. The number of nitrogens with zero attached hydrogens (tertiary/aromatic N) is 2. The topological polar surface area (TPSA) is 85.1 Å². The summed E-state index contributed by atoms with van der Waals surface area (Å²) in [5.74, 6) is 0.498. The summed E-state index contributed by atoms with van der Waals surface area (Å²) in [5, 5.41) is 2.13. The van der Waals surface area contributed by atoms with Gasteiger partial charge in [-0.25, -0.2) is 18.4 Å². The molecular formula is C12H11N3O3S2. The molecule has 0 bridgehead atoms. The number of oxazole rings is 1. The second-order valence-corrected chi connectivity index (χ2v) is 6.80. The first-order valence-electron chi connectivity index (χ1n) is 5.76. The third-order valence-electron chi connectivity index (χ3n) is 2.62. The van der Waals surface area contributed by atoms with Crippen LogP contribution in [-0.4, -0.2) is 18.4 Å². The van der Waals surface area contributed by atoms with Gasteiger partial charge in [0.15, 0.2) is 16.6 Å². The van der Waals surface area contributed by atoms with Crippen LogP contribution in [0.15, 0.2) is 32.9 Å². The first-order chi connectivity index (χ1) is 9.44. The predicted octanol–water partition coefficient (Wildman–Crippen LogP) is 2.70. The van der Waals surface area contributed by atoms with Crippen molar-refractivity contribution in [1.82, 2.24) is 9.97 Å². The van der Waals surface area contributed by atoms with Crippen LogP contribution in [0.2, 0.25) is 0 Å². The summed E-state index contributed by atoms with van der Waals surface area (Å²) in [7, 11) is -3.67. The van der Waals surface area contributed by atoms with Crippen molar-refractivity contribution >= 4 is 37.6 Å². The van der Waals surface area contributed by atoms with Crippen molar-refractivity contribution < 1.29 is 12.8 Å². The molecule has 1 aromatic carbocycles. The molecule has 20 heavy (non-hydrogen) atoms. The Hall–Kier alpha value is -1.93. The van der Waals surface area contributed by atoms with E-state index in [2.05, 4.69) is 14.7 Å². The molecule has 0 amide bonds. The van der Waals surface area contributed by atoms with Crippen LogP contribution in [0.5, 0.6) is 0 Å². The van der Waals surface area contributed by atoms with Crippen molar-refractivity contribution in [1.29, 1.82) is 0 Å². The maximum Gasteiger partial charge on any atom is 0.263 e. The molecule has 3 rings (SSSR count). The Bertz CT molecular complexity index is 880. The monoisotopic (exact) mass is 309 g/mol. The summed E-state index contributed by atoms with van der Waals surface area (Å²) in [6.45, 7) is 3.52. The molecule has 2 aromatic heterocycles. The van der Waals surface area contributed by atoms with Crippen LogP contribution in [0.25, 0.3) is 11.1 Å². The van der Waals surface area contributed by atoms with Crippen molar-refractivity contribution in [3.05, 3.63) is 35.2 Å². The van der Waals surface area contributed by atoms with Gasteiger partial charge in [0.2, 0.25) is 0 Å². The van der Waals surface area contributed by atoms with Crippen LogP contribution in [0.1, 0.15) is 11.6 Å². The Morgan fingerprint density at radius 3 is 2.75 bits per heavy atom. The van der Waals surface area contributed by atoms with Gasteiger partial charge in [-0.1, -0.05) is 0 Å². The highest BCUT2D eigenvalue weighted by molar-refractivity contribution is 7.93. The fourth-order valence-electron chi connectivity index (χ4n) is 1.76. The van der Waals surface area contributed by atoms with Gasteiger partial charge in [0.1, 0.15) is 5.52 Å². The molecule has 0 atom stereocenters. The van der Waals surface area contributed by atoms with Gasteiger partial charge in [-0.2, -0.15) is 0 Å². The first-order valence-corrected chi connectivity index (χ1v) is 8.12. The summed E-state index contributed by atoms with van der Waals surface area (Å²) in [5.41, 5.74) is 1.85. The number of aryl methyl sites for hydroxylation is 2. The van der Waals surface area contributed by atoms with E-state index in [-0.39, 0.29) is 4.90 Å². The Morgan fingerprint density at radius 1 is 1.25 bits per heavy atom. The van der Waals surface area contributed by atoms with Gasteiger partial charge in [0.25, 0.3) is 10.0 Å². The van der Waals surface area contributed by atoms with Crippen LogP contribution in [0.4, 0.5) is 5.13 Å². The van der Waals surface area contributed by atoms with E-state index < -0.39 is 10.0 Å². The molecule has 0 aliphatic rings. The predicted molar refractivity (Wildman–Crippen MR) is 76.4 cm³/mol. The van der Waals surface area contributed by atoms with Gasteiger partial charge in [0.05, 0.1) is 10.6 Å². The Kier molecular flexibility index (Phi) is 2.98. The van der Waals surface area contributed by atoms with Crippen LogP contribution in [0, 0.1) is 13.8 Å². The molecule has 0 spiro atoms. The Morgan fingerprint density at radius 2 is 2.05 bits per heavy atom. The third kappa shape index (κ3) is 2.39. The van der Waals surface area contributed by atoms with Crippen molar-refractivity contribution in [2.24, 2.45) is 0 Å². The van der Waals surface area contributed by atoms with Crippen LogP contribution in [-0.2, 0) is 10.0 Å². The number of hydrogen-bond acceptors (Lipinski definition) is 6. The van der Waals surface area contributed by atoms with E-state index >= 15 is 0 Å². The zero-order valence-electron chi connectivity index (χ0n) is 10.7. The molecular weight excluding hydrogens is 298 g/mol. The van der Waals surface area contributed by atoms with E-state index in [0.717, 1.165) is 5.69 Å². The molecule has 0 radical (unpaired) electrons. The SMILES string of the molecule is Cc1csc(NS(=O)(=O)c2ccc3oc(C)nc3c2)n1. The number of benzene rings is 1. The van der Waals surface area contributed by atoms with E-state index in [4.69, 9.17) is 4.42 Å². The lowest BCUT2D eigenvalue weighted by Gasteiger charge is -2.04. The standard InChI is InChI=1S/C12H11N3O3S2/c1-7-6-19-12(13-7)15-20(16,17)9-3-4-11-10(5-9)14-8(2)18-11/h3-6H,1-2H3,(H,13,15). The maximum atomic E-state index is 12.3. The van der Waals surface area contributed by atoms with Crippen molar-refractivity contribution in [3.8, 4) is 0 Å². The third-order valence-corrected chi connectivity index (χ3v) is 4.96. The van der Waals surface area contributed by atoms with E-state index in [1.807, 2.05) is 0 Å². The Labute approximate surface area is 119 Å². The minimum Gasteiger partial charge on any atom is -0.441 e. The van der Waals surface area contributed by atoms with Crippen molar-refractivity contribution in [3.63, 3.8) is 0 Å². The summed E-state index contributed by atoms with van der Waals surface area (Å²) in [6, 6.07) is 4.56. The second kappa shape index (κ2) is 4.57. The van der Waals surface area contributed by atoms with E-state index in [9.17, 15) is 8.42 Å². The molecule has 1 N–H and O–H groups in total. The number of anilines is 1. The number of aromatic nitrogens is 2. The van der Waals surface area contributed by atoms with Gasteiger partial charge < -0.3 is 4.42 Å². The summed E-state index contributed by atoms with van der Waals surface area (Å²) < 4.78 is 32.3. The number of sulfonamides is 1. The zero-order chi connectivity index (χ0) is 14.3. The molecule has 0 aliphatic carbocycles. The van der Waals surface area contributed by atoms with Crippen molar-refractivity contribution in [2.75, 3.05) is 4.72 Å². The molecule has 104 valence electrons. The molecule has 8 heteroatoms. The normalized spacial score (nSPS) is 11.9.